The maximum absolute atomic E-state index is 13.6. The summed E-state index contributed by atoms with van der Waals surface area (Å²) in [5, 5.41) is -0.410. The van der Waals surface area contributed by atoms with E-state index in [1.54, 1.807) is 0 Å². The molecular formula is C12H4Cl2F4. The van der Waals surface area contributed by atoms with E-state index in [1.165, 1.54) is 0 Å². The van der Waals surface area contributed by atoms with Crippen LogP contribution in [0.3, 0.4) is 0 Å². The predicted molar refractivity (Wildman–Crippen MR) is 61.7 cm³/mol. The number of rotatable bonds is 1. The fourth-order valence-electron chi connectivity index (χ4n) is 1.56. The highest BCUT2D eigenvalue weighted by molar-refractivity contribution is 6.31. The minimum atomic E-state index is -1.15. The van der Waals surface area contributed by atoms with E-state index in [2.05, 4.69) is 0 Å². The molecule has 0 atom stereocenters. The van der Waals surface area contributed by atoms with Crippen LogP contribution < -0.4 is 0 Å². The molecule has 0 nitrogen and oxygen atoms in total. The largest absolute Gasteiger partial charge is 0.206 e. The lowest BCUT2D eigenvalue weighted by atomic mass is 10.0. The van der Waals surface area contributed by atoms with Gasteiger partial charge in [-0.15, -0.1) is 0 Å². The third-order valence-corrected chi connectivity index (χ3v) is 2.70. The molecule has 0 aliphatic carbocycles. The van der Waals surface area contributed by atoms with Gasteiger partial charge in [-0.05, 0) is 24.3 Å². The lowest BCUT2D eigenvalue weighted by Crippen LogP contribution is -1.97. The number of benzene rings is 2. The van der Waals surface area contributed by atoms with E-state index in [0.717, 1.165) is 24.3 Å². The zero-order chi connectivity index (χ0) is 13.4. The van der Waals surface area contributed by atoms with Crippen LogP contribution in [-0.4, -0.2) is 0 Å². The lowest BCUT2D eigenvalue weighted by molar-refractivity contribution is 0.564. The van der Waals surface area contributed by atoms with Crippen molar-refractivity contribution >= 4 is 23.2 Å². The van der Waals surface area contributed by atoms with E-state index in [1.807, 2.05) is 0 Å². The van der Waals surface area contributed by atoms with Gasteiger partial charge in [0.25, 0.3) is 0 Å². The SMILES string of the molecule is Fc1cc(Cl)cc(F)c1-c1c(F)cc(Cl)cc1F. The molecule has 0 heterocycles. The Bertz CT molecular complexity index is 524. The highest BCUT2D eigenvalue weighted by atomic mass is 35.5. The minimum Gasteiger partial charge on any atom is -0.206 e. The third kappa shape index (κ3) is 2.31. The summed E-state index contributed by atoms with van der Waals surface area (Å²) >= 11 is 10.9. The van der Waals surface area contributed by atoms with Gasteiger partial charge in [0, 0.05) is 10.0 Å². The summed E-state index contributed by atoms with van der Waals surface area (Å²) < 4.78 is 54.3. The molecule has 0 N–H and O–H groups in total. The van der Waals surface area contributed by atoms with Crippen molar-refractivity contribution in [3.05, 3.63) is 57.6 Å². The summed E-state index contributed by atoms with van der Waals surface area (Å²) in [5.41, 5.74) is -1.63. The van der Waals surface area contributed by atoms with Crippen LogP contribution in [0.5, 0.6) is 0 Å². The fourth-order valence-corrected chi connectivity index (χ4v) is 1.95. The molecule has 0 amide bonds. The first kappa shape index (κ1) is 13.2. The molecule has 0 unspecified atom stereocenters. The van der Waals surface area contributed by atoms with Crippen molar-refractivity contribution < 1.29 is 17.6 Å². The van der Waals surface area contributed by atoms with Gasteiger partial charge in [-0.3, -0.25) is 0 Å². The van der Waals surface area contributed by atoms with E-state index in [0.29, 0.717) is 0 Å². The highest BCUT2D eigenvalue weighted by Crippen LogP contribution is 2.34. The zero-order valence-corrected chi connectivity index (χ0v) is 10.1. The summed E-state index contributed by atoms with van der Waals surface area (Å²) in [6.07, 6.45) is 0. The summed E-state index contributed by atoms with van der Waals surface area (Å²) in [6.45, 7) is 0. The molecule has 0 fully saturated rings. The summed E-state index contributed by atoms with van der Waals surface area (Å²) in [7, 11) is 0. The Morgan fingerprint density at radius 3 is 1.00 bits per heavy atom. The smallest absolute Gasteiger partial charge is 0.135 e. The van der Waals surface area contributed by atoms with Gasteiger partial charge < -0.3 is 0 Å². The molecule has 2 rings (SSSR count). The van der Waals surface area contributed by atoms with Crippen LogP contribution in [-0.2, 0) is 0 Å². The van der Waals surface area contributed by atoms with Crippen molar-refractivity contribution in [2.45, 2.75) is 0 Å². The van der Waals surface area contributed by atoms with Crippen LogP contribution in [0.2, 0.25) is 10.0 Å². The molecule has 0 saturated carbocycles. The van der Waals surface area contributed by atoms with Gasteiger partial charge in [-0.2, -0.15) is 0 Å². The van der Waals surface area contributed by atoms with Crippen LogP contribution >= 0.6 is 23.2 Å². The van der Waals surface area contributed by atoms with E-state index in [4.69, 9.17) is 23.2 Å². The first-order valence-electron chi connectivity index (χ1n) is 4.69. The number of hydrogen-bond donors (Lipinski definition) is 0. The van der Waals surface area contributed by atoms with Gasteiger partial charge in [0.15, 0.2) is 0 Å². The molecule has 0 radical (unpaired) electrons. The van der Waals surface area contributed by atoms with E-state index < -0.39 is 34.4 Å². The monoisotopic (exact) mass is 294 g/mol. The van der Waals surface area contributed by atoms with Crippen LogP contribution in [0, 0.1) is 23.3 Å². The molecule has 94 valence electrons. The standard InChI is InChI=1S/C12H4Cl2F4/c13-5-1-7(15)11(8(16)2-5)12-9(17)3-6(14)4-10(12)18/h1-4H. The van der Waals surface area contributed by atoms with Gasteiger partial charge in [0.1, 0.15) is 23.3 Å². The molecule has 2 aromatic rings. The summed E-state index contributed by atoms with van der Waals surface area (Å²) in [4.78, 5) is 0. The third-order valence-electron chi connectivity index (χ3n) is 2.26. The molecule has 0 saturated heterocycles. The van der Waals surface area contributed by atoms with Gasteiger partial charge in [-0.1, -0.05) is 23.2 Å². The first-order chi connectivity index (χ1) is 8.40. The Balaban J connectivity index is 2.78. The Hall–Kier alpha value is -1.26. The Morgan fingerprint density at radius 1 is 0.556 bits per heavy atom. The van der Waals surface area contributed by atoms with Crippen LogP contribution in [0.1, 0.15) is 0 Å². The summed E-state index contributed by atoms with van der Waals surface area (Å²) in [6, 6.07) is 3.09. The maximum Gasteiger partial charge on any atom is 0.135 e. The average molecular weight is 295 g/mol. The quantitative estimate of drug-likeness (QED) is 0.633. The second-order valence-corrected chi connectivity index (χ2v) is 4.36. The molecule has 0 aromatic heterocycles. The van der Waals surface area contributed by atoms with Crippen LogP contribution in [0.25, 0.3) is 11.1 Å². The molecular weight excluding hydrogens is 291 g/mol. The van der Waals surface area contributed by atoms with E-state index in [-0.39, 0.29) is 10.0 Å². The second kappa shape index (κ2) is 4.78. The lowest BCUT2D eigenvalue weighted by Gasteiger charge is -2.09. The van der Waals surface area contributed by atoms with Gasteiger partial charge in [0.05, 0.1) is 11.1 Å². The predicted octanol–water partition coefficient (Wildman–Crippen LogP) is 5.22. The molecule has 6 heteroatoms. The second-order valence-electron chi connectivity index (χ2n) is 3.49. The molecule has 18 heavy (non-hydrogen) atoms. The molecule has 0 spiro atoms. The van der Waals surface area contributed by atoms with Crippen molar-refractivity contribution in [2.75, 3.05) is 0 Å². The highest BCUT2D eigenvalue weighted by Gasteiger charge is 2.21. The van der Waals surface area contributed by atoms with Crippen molar-refractivity contribution in [1.29, 1.82) is 0 Å². The van der Waals surface area contributed by atoms with Crippen molar-refractivity contribution in [2.24, 2.45) is 0 Å². The van der Waals surface area contributed by atoms with Crippen LogP contribution in [0.15, 0.2) is 24.3 Å². The fraction of sp³-hybridized carbons (Fsp3) is 0. The van der Waals surface area contributed by atoms with E-state index >= 15 is 0 Å². The van der Waals surface area contributed by atoms with Gasteiger partial charge in [-0.25, -0.2) is 17.6 Å². The van der Waals surface area contributed by atoms with Gasteiger partial charge in [0.2, 0.25) is 0 Å². The topological polar surface area (TPSA) is 0 Å². The van der Waals surface area contributed by atoms with E-state index in [9.17, 15) is 17.6 Å². The number of hydrogen-bond acceptors (Lipinski definition) is 0. The number of halogens is 6. The Labute approximate surface area is 110 Å². The van der Waals surface area contributed by atoms with Crippen molar-refractivity contribution in [3.8, 4) is 11.1 Å². The molecule has 0 bridgehead atoms. The zero-order valence-electron chi connectivity index (χ0n) is 8.58. The Kier molecular flexibility index (Phi) is 3.50. The Morgan fingerprint density at radius 2 is 0.778 bits per heavy atom. The van der Waals surface area contributed by atoms with Crippen LogP contribution in [0.4, 0.5) is 17.6 Å². The normalized spacial score (nSPS) is 10.8. The molecule has 0 aliphatic rings. The summed E-state index contributed by atoms with van der Waals surface area (Å²) in [5.74, 6) is -4.61. The van der Waals surface area contributed by atoms with Crippen molar-refractivity contribution in [1.82, 2.24) is 0 Å². The maximum atomic E-state index is 13.6. The molecule has 0 aliphatic heterocycles. The minimum absolute atomic E-state index is 0.205. The molecule has 2 aromatic carbocycles. The average Bonchev–Trinajstić information content (AvgIpc) is 2.20. The van der Waals surface area contributed by atoms with Gasteiger partial charge >= 0.3 is 0 Å². The first-order valence-corrected chi connectivity index (χ1v) is 5.45. The van der Waals surface area contributed by atoms with Crippen molar-refractivity contribution in [3.63, 3.8) is 0 Å².